The summed E-state index contributed by atoms with van der Waals surface area (Å²) in [5.41, 5.74) is 5.82. The number of hydrogen-bond donors (Lipinski definition) is 1. The van der Waals surface area contributed by atoms with Crippen LogP contribution >= 0.6 is 0 Å². The first-order valence-electron chi connectivity index (χ1n) is 6.11. The molecule has 0 saturated heterocycles. The molecule has 15 heavy (non-hydrogen) atoms. The van der Waals surface area contributed by atoms with Crippen LogP contribution in [0.1, 0.15) is 58.8 Å². The second kappa shape index (κ2) is 9.97. The predicted molar refractivity (Wildman–Crippen MR) is 62.6 cm³/mol. The van der Waals surface area contributed by atoms with Gasteiger partial charge in [-0.25, -0.2) is 0 Å². The molecular weight excluding hydrogens is 190 g/mol. The summed E-state index contributed by atoms with van der Waals surface area (Å²) in [5.74, 6) is -0.146. The Morgan fingerprint density at radius 3 is 2.47 bits per heavy atom. The van der Waals surface area contributed by atoms with Gasteiger partial charge >= 0.3 is 5.97 Å². The van der Waals surface area contributed by atoms with Crippen LogP contribution in [0.2, 0.25) is 0 Å². The fraction of sp³-hybridized carbons (Fsp3) is 0.917. The first-order chi connectivity index (χ1) is 7.20. The Bertz CT molecular complexity index is 160. The van der Waals surface area contributed by atoms with E-state index >= 15 is 0 Å². The number of carbonyl (C=O) groups excluding carboxylic acids is 1. The highest BCUT2D eigenvalue weighted by atomic mass is 16.5. The number of nitrogens with two attached hydrogens (primary N) is 1. The number of esters is 1. The van der Waals surface area contributed by atoms with E-state index in [4.69, 9.17) is 10.5 Å². The minimum absolute atomic E-state index is 0.0225. The molecule has 0 saturated carbocycles. The molecule has 1 unspecified atom stereocenters. The van der Waals surface area contributed by atoms with Gasteiger partial charge in [0.1, 0.15) is 0 Å². The van der Waals surface area contributed by atoms with Crippen molar-refractivity contribution < 1.29 is 9.53 Å². The molecule has 0 aromatic heterocycles. The van der Waals surface area contributed by atoms with Gasteiger partial charge in [-0.2, -0.15) is 0 Å². The highest BCUT2D eigenvalue weighted by Crippen LogP contribution is 2.05. The third kappa shape index (κ3) is 9.73. The van der Waals surface area contributed by atoms with Gasteiger partial charge in [-0.1, -0.05) is 39.5 Å². The van der Waals surface area contributed by atoms with Crippen LogP contribution in [-0.4, -0.2) is 18.6 Å². The van der Waals surface area contributed by atoms with Crippen molar-refractivity contribution in [2.75, 3.05) is 6.61 Å². The summed E-state index contributed by atoms with van der Waals surface area (Å²) in [5, 5.41) is 0. The first kappa shape index (κ1) is 14.4. The molecule has 3 nitrogen and oxygen atoms in total. The van der Waals surface area contributed by atoms with E-state index in [9.17, 15) is 4.79 Å². The van der Waals surface area contributed by atoms with Gasteiger partial charge in [-0.05, 0) is 12.8 Å². The maximum atomic E-state index is 11.3. The molecule has 3 heteroatoms. The molecule has 2 N–H and O–H groups in total. The van der Waals surface area contributed by atoms with E-state index in [0.29, 0.717) is 13.0 Å². The van der Waals surface area contributed by atoms with E-state index in [1.54, 1.807) is 0 Å². The Balaban J connectivity index is 3.40. The van der Waals surface area contributed by atoms with Crippen molar-refractivity contribution in [3.05, 3.63) is 0 Å². The molecule has 0 aliphatic heterocycles. The lowest BCUT2D eigenvalue weighted by atomic mass is 10.1. The van der Waals surface area contributed by atoms with E-state index in [2.05, 4.69) is 13.8 Å². The zero-order valence-corrected chi connectivity index (χ0v) is 10.1. The summed E-state index contributed by atoms with van der Waals surface area (Å²) in [6.45, 7) is 4.77. The Morgan fingerprint density at radius 2 is 1.87 bits per heavy atom. The molecule has 0 spiro atoms. The number of carbonyl (C=O) groups is 1. The Kier molecular flexibility index (Phi) is 9.59. The largest absolute Gasteiger partial charge is 0.466 e. The van der Waals surface area contributed by atoms with Crippen molar-refractivity contribution in [3.63, 3.8) is 0 Å². The SMILES string of the molecule is CCCCCC(N)CC(=O)OCCCC. The monoisotopic (exact) mass is 215 g/mol. The van der Waals surface area contributed by atoms with Crippen molar-refractivity contribution >= 4 is 5.97 Å². The quantitative estimate of drug-likeness (QED) is 0.475. The summed E-state index contributed by atoms with van der Waals surface area (Å²) in [6, 6.07) is -0.0225. The molecule has 0 aliphatic carbocycles. The van der Waals surface area contributed by atoms with Gasteiger partial charge < -0.3 is 10.5 Å². The van der Waals surface area contributed by atoms with Gasteiger partial charge in [-0.15, -0.1) is 0 Å². The normalized spacial score (nSPS) is 12.5. The average molecular weight is 215 g/mol. The fourth-order valence-electron chi connectivity index (χ4n) is 1.36. The lowest BCUT2D eigenvalue weighted by Gasteiger charge is -2.10. The number of ether oxygens (including phenoxy) is 1. The summed E-state index contributed by atoms with van der Waals surface area (Å²) < 4.78 is 5.04. The summed E-state index contributed by atoms with van der Waals surface area (Å²) in [7, 11) is 0. The predicted octanol–water partition coefficient (Wildman–Crippen LogP) is 2.63. The fourth-order valence-corrected chi connectivity index (χ4v) is 1.36. The lowest BCUT2D eigenvalue weighted by Crippen LogP contribution is -2.25. The molecule has 0 bridgehead atoms. The zero-order valence-electron chi connectivity index (χ0n) is 10.1. The summed E-state index contributed by atoms with van der Waals surface area (Å²) in [6.07, 6.45) is 6.78. The third-order valence-electron chi connectivity index (χ3n) is 2.37. The van der Waals surface area contributed by atoms with E-state index in [1.165, 1.54) is 12.8 Å². The van der Waals surface area contributed by atoms with Crippen molar-refractivity contribution in [2.24, 2.45) is 5.73 Å². The van der Waals surface area contributed by atoms with Gasteiger partial charge in [-0.3, -0.25) is 4.79 Å². The molecule has 0 aromatic rings. The highest BCUT2D eigenvalue weighted by Gasteiger charge is 2.09. The van der Waals surface area contributed by atoms with Crippen LogP contribution < -0.4 is 5.73 Å². The number of rotatable bonds is 9. The lowest BCUT2D eigenvalue weighted by molar-refractivity contribution is -0.144. The maximum absolute atomic E-state index is 11.3. The van der Waals surface area contributed by atoms with Gasteiger partial charge in [0.2, 0.25) is 0 Å². The second-order valence-corrected chi connectivity index (χ2v) is 4.03. The number of unbranched alkanes of at least 4 members (excludes halogenated alkanes) is 3. The van der Waals surface area contributed by atoms with Gasteiger partial charge in [0.25, 0.3) is 0 Å². The zero-order chi connectivity index (χ0) is 11.5. The Hall–Kier alpha value is -0.570. The van der Waals surface area contributed by atoms with Crippen LogP contribution in [0.15, 0.2) is 0 Å². The number of hydrogen-bond acceptors (Lipinski definition) is 3. The van der Waals surface area contributed by atoms with Crippen LogP contribution in [0.4, 0.5) is 0 Å². The van der Waals surface area contributed by atoms with E-state index < -0.39 is 0 Å². The molecule has 0 radical (unpaired) electrons. The van der Waals surface area contributed by atoms with Gasteiger partial charge in [0.15, 0.2) is 0 Å². The second-order valence-electron chi connectivity index (χ2n) is 4.03. The average Bonchev–Trinajstić information content (AvgIpc) is 2.18. The minimum Gasteiger partial charge on any atom is -0.466 e. The molecule has 0 rings (SSSR count). The van der Waals surface area contributed by atoms with E-state index in [-0.39, 0.29) is 12.0 Å². The first-order valence-corrected chi connectivity index (χ1v) is 6.11. The summed E-state index contributed by atoms with van der Waals surface area (Å²) in [4.78, 5) is 11.3. The van der Waals surface area contributed by atoms with Crippen molar-refractivity contribution in [1.82, 2.24) is 0 Å². The Morgan fingerprint density at radius 1 is 1.20 bits per heavy atom. The van der Waals surface area contributed by atoms with Crippen LogP contribution in [0, 0.1) is 0 Å². The van der Waals surface area contributed by atoms with Gasteiger partial charge in [0.05, 0.1) is 13.0 Å². The third-order valence-corrected chi connectivity index (χ3v) is 2.37. The van der Waals surface area contributed by atoms with Crippen molar-refractivity contribution in [1.29, 1.82) is 0 Å². The Labute approximate surface area is 93.4 Å². The topological polar surface area (TPSA) is 52.3 Å². The van der Waals surface area contributed by atoms with E-state index in [0.717, 1.165) is 25.7 Å². The van der Waals surface area contributed by atoms with Crippen LogP contribution in [-0.2, 0) is 9.53 Å². The maximum Gasteiger partial charge on any atom is 0.307 e. The molecule has 0 aliphatic rings. The van der Waals surface area contributed by atoms with Crippen molar-refractivity contribution in [3.8, 4) is 0 Å². The van der Waals surface area contributed by atoms with E-state index in [1.807, 2.05) is 0 Å². The molecule has 0 heterocycles. The highest BCUT2D eigenvalue weighted by molar-refractivity contribution is 5.70. The van der Waals surface area contributed by atoms with Crippen LogP contribution in [0.3, 0.4) is 0 Å². The molecular formula is C12H25NO2. The molecule has 0 aromatic carbocycles. The minimum atomic E-state index is -0.146. The summed E-state index contributed by atoms with van der Waals surface area (Å²) >= 11 is 0. The standard InChI is InChI=1S/C12H25NO2/c1-3-5-7-8-11(13)10-12(14)15-9-6-4-2/h11H,3-10,13H2,1-2H3. The van der Waals surface area contributed by atoms with Crippen LogP contribution in [0.5, 0.6) is 0 Å². The molecule has 0 fully saturated rings. The molecule has 90 valence electrons. The molecule has 1 atom stereocenters. The van der Waals surface area contributed by atoms with Gasteiger partial charge in [0, 0.05) is 6.04 Å². The van der Waals surface area contributed by atoms with Crippen LogP contribution in [0.25, 0.3) is 0 Å². The van der Waals surface area contributed by atoms with Crippen molar-refractivity contribution in [2.45, 2.75) is 64.8 Å². The molecule has 0 amide bonds. The smallest absolute Gasteiger partial charge is 0.307 e.